The third-order valence-electron chi connectivity index (χ3n) is 5.44. The first kappa shape index (κ1) is 11.5. The molecule has 96 valence electrons. The van der Waals surface area contributed by atoms with Gasteiger partial charge in [0.05, 0.1) is 0 Å². The molecule has 3 fully saturated rings. The van der Waals surface area contributed by atoms with Crippen LogP contribution in [0.25, 0.3) is 0 Å². The molecule has 0 bridgehead atoms. The van der Waals surface area contributed by atoms with Crippen molar-refractivity contribution in [1.82, 2.24) is 4.90 Å². The van der Waals surface area contributed by atoms with Crippen LogP contribution in [0.15, 0.2) is 0 Å². The number of nitrogens with two attached hydrogens (primary N) is 1. The Bertz CT molecular complexity index is 311. The van der Waals surface area contributed by atoms with Gasteiger partial charge in [-0.1, -0.05) is 12.8 Å². The zero-order valence-electron chi connectivity index (χ0n) is 10.7. The van der Waals surface area contributed by atoms with Crippen LogP contribution < -0.4 is 5.73 Å². The van der Waals surface area contributed by atoms with E-state index in [1.54, 1.807) is 0 Å². The normalized spacial score (nSPS) is 35.2. The Hall–Kier alpha value is -0.570. The Kier molecular flexibility index (Phi) is 2.89. The number of amides is 1. The molecular formula is C14H24N2O. The van der Waals surface area contributed by atoms with Crippen molar-refractivity contribution in [3.05, 3.63) is 0 Å². The zero-order valence-corrected chi connectivity index (χ0v) is 10.7. The SMILES string of the molecule is NC[C@H]1CCC[C@H]1C(=O)N1CCC2(CCC2)C1. The van der Waals surface area contributed by atoms with Crippen LogP contribution in [0, 0.1) is 17.3 Å². The molecule has 0 aromatic rings. The average Bonchev–Trinajstić information content (AvgIpc) is 2.93. The van der Waals surface area contributed by atoms with Crippen molar-refractivity contribution < 1.29 is 4.79 Å². The van der Waals surface area contributed by atoms with Gasteiger partial charge in [0.15, 0.2) is 0 Å². The van der Waals surface area contributed by atoms with Crippen LogP contribution in [0.1, 0.15) is 44.9 Å². The Morgan fingerprint density at radius 2 is 2.06 bits per heavy atom. The van der Waals surface area contributed by atoms with Crippen LogP contribution in [0.3, 0.4) is 0 Å². The second-order valence-electron chi connectivity index (χ2n) is 6.40. The maximum Gasteiger partial charge on any atom is 0.226 e. The molecule has 0 radical (unpaired) electrons. The van der Waals surface area contributed by atoms with Crippen LogP contribution in [0.4, 0.5) is 0 Å². The summed E-state index contributed by atoms with van der Waals surface area (Å²) < 4.78 is 0. The van der Waals surface area contributed by atoms with Crippen LogP contribution in [0.2, 0.25) is 0 Å². The van der Waals surface area contributed by atoms with Crippen molar-refractivity contribution in [2.75, 3.05) is 19.6 Å². The molecular weight excluding hydrogens is 212 g/mol. The highest BCUT2D eigenvalue weighted by molar-refractivity contribution is 5.79. The number of nitrogens with zero attached hydrogens (tertiary/aromatic N) is 1. The standard InChI is InChI=1S/C14H24N2O/c15-9-11-3-1-4-12(11)13(17)16-8-7-14(10-16)5-2-6-14/h11-12H,1-10,15H2/t11-,12-/m1/s1. The van der Waals surface area contributed by atoms with Crippen molar-refractivity contribution >= 4 is 5.91 Å². The minimum atomic E-state index is 0.246. The van der Waals surface area contributed by atoms with E-state index in [0.717, 1.165) is 25.9 Å². The number of rotatable bonds is 2. The van der Waals surface area contributed by atoms with Crippen molar-refractivity contribution in [3.8, 4) is 0 Å². The van der Waals surface area contributed by atoms with Gasteiger partial charge in [-0.3, -0.25) is 4.79 Å². The highest BCUT2D eigenvalue weighted by atomic mass is 16.2. The van der Waals surface area contributed by atoms with Crippen molar-refractivity contribution in [3.63, 3.8) is 0 Å². The van der Waals surface area contributed by atoms with E-state index in [4.69, 9.17) is 5.73 Å². The van der Waals surface area contributed by atoms with Crippen molar-refractivity contribution in [2.24, 2.45) is 23.0 Å². The zero-order chi connectivity index (χ0) is 11.9. The minimum absolute atomic E-state index is 0.246. The number of likely N-dealkylation sites (tertiary alicyclic amines) is 1. The minimum Gasteiger partial charge on any atom is -0.342 e. The molecule has 0 aromatic heterocycles. The number of carbonyl (C=O) groups excluding carboxylic acids is 1. The fourth-order valence-electron chi connectivity index (χ4n) is 4.09. The van der Waals surface area contributed by atoms with Gasteiger partial charge in [-0.05, 0) is 50.0 Å². The molecule has 0 aromatic carbocycles. The van der Waals surface area contributed by atoms with Gasteiger partial charge in [0, 0.05) is 19.0 Å². The second-order valence-corrected chi connectivity index (χ2v) is 6.40. The predicted octanol–water partition coefficient (Wildman–Crippen LogP) is 1.76. The molecule has 17 heavy (non-hydrogen) atoms. The van der Waals surface area contributed by atoms with Crippen molar-refractivity contribution in [2.45, 2.75) is 44.9 Å². The Morgan fingerprint density at radius 3 is 2.65 bits per heavy atom. The van der Waals surface area contributed by atoms with Gasteiger partial charge in [0.25, 0.3) is 0 Å². The highest BCUT2D eigenvalue weighted by Gasteiger charge is 2.46. The van der Waals surface area contributed by atoms with Gasteiger partial charge in [-0.15, -0.1) is 0 Å². The number of hydrogen-bond donors (Lipinski definition) is 1. The first-order valence-corrected chi connectivity index (χ1v) is 7.23. The summed E-state index contributed by atoms with van der Waals surface area (Å²) >= 11 is 0. The maximum absolute atomic E-state index is 12.5. The van der Waals surface area contributed by atoms with Gasteiger partial charge >= 0.3 is 0 Å². The molecule has 3 rings (SSSR count). The summed E-state index contributed by atoms with van der Waals surface area (Å²) in [5, 5.41) is 0. The monoisotopic (exact) mass is 236 g/mol. The topological polar surface area (TPSA) is 46.3 Å². The summed E-state index contributed by atoms with van der Waals surface area (Å²) in [6.45, 7) is 2.74. The van der Waals surface area contributed by atoms with Crippen LogP contribution in [0.5, 0.6) is 0 Å². The lowest BCUT2D eigenvalue weighted by atomic mass is 9.68. The molecule has 2 saturated carbocycles. The van der Waals surface area contributed by atoms with Gasteiger partial charge in [-0.25, -0.2) is 0 Å². The molecule has 3 aliphatic rings. The van der Waals surface area contributed by atoms with E-state index in [0.29, 0.717) is 23.8 Å². The Balaban J connectivity index is 1.63. The molecule has 1 amide bonds. The van der Waals surface area contributed by atoms with E-state index in [-0.39, 0.29) is 5.92 Å². The summed E-state index contributed by atoms with van der Waals surface area (Å²) in [7, 11) is 0. The predicted molar refractivity (Wildman–Crippen MR) is 67.4 cm³/mol. The molecule has 1 saturated heterocycles. The van der Waals surface area contributed by atoms with Crippen LogP contribution >= 0.6 is 0 Å². The molecule has 1 spiro atoms. The number of carbonyl (C=O) groups is 1. The average molecular weight is 236 g/mol. The van der Waals surface area contributed by atoms with Gasteiger partial charge in [-0.2, -0.15) is 0 Å². The van der Waals surface area contributed by atoms with E-state index < -0.39 is 0 Å². The molecule has 1 aliphatic heterocycles. The summed E-state index contributed by atoms with van der Waals surface area (Å²) in [5.41, 5.74) is 6.31. The van der Waals surface area contributed by atoms with E-state index in [2.05, 4.69) is 4.90 Å². The lowest BCUT2D eigenvalue weighted by Gasteiger charge is -2.38. The summed E-state index contributed by atoms with van der Waals surface area (Å²) in [5.74, 6) is 1.12. The Morgan fingerprint density at radius 1 is 1.24 bits per heavy atom. The van der Waals surface area contributed by atoms with Crippen LogP contribution in [-0.4, -0.2) is 30.4 Å². The molecule has 3 heteroatoms. The van der Waals surface area contributed by atoms with Gasteiger partial charge in [0.1, 0.15) is 0 Å². The van der Waals surface area contributed by atoms with E-state index in [1.807, 2.05) is 0 Å². The summed E-state index contributed by atoms with van der Waals surface area (Å²) in [4.78, 5) is 14.7. The first-order valence-electron chi connectivity index (χ1n) is 7.23. The molecule has 0 unspecified atom stereocenters. The summed E-state index contributed by atoms with van der Waals surface area (Å²) in [6, 6.07) is 0. The van der Waals surface area contributed by atoms with Gasteiger partial charge < -0.3 is 10.6 Å². The van der Waals surface area contributed by atoms with E-state index in [1.165, 1.54) is 32.1 Å². The lowest BCUT2D eigenvalue weighted by Crippen LogP contribution is -2.40. The van der Waals surface area contributed by atoms with Crippen LogP contribution in [-0.2, 0) is 4.79 Å². The molecule has 1 heterocycles. The fraction of sp³-hybridized carbons (Fsp3) is 0.929. The van der Waals surface area contributed by atoms with E-state index >= 15 is 0 Å². The highest BCUT2D eigenvalue weighted by Crippen LogP contribution is 2.48. The van der Waals surface area contributed by atoms with Gasteiger partial charge in [0.2, 0.25) is 5.91 Å². The Labute approximate surface area is 104 Å². The molecule has 2 N–H and O–H groups in total. The maximum atomic E-state index is 12.5. The van der Waals surface area contributed by atoms with E-state index in [9.17, 15) is 4.79 Å². The number of hydrogen-bond acceptors (Lipinski definition) is 2. The molecule has 2 atom stereocenters. The molecule has 3 nitrogen and oxygen atoms in total. The largest absolute Gasteiger partial charge is 0.342 e. The molecule has 2 aliphatic carbocycles. The summed E-state index contributed by atoms with van der Waals surface area (Å²) in [6.07, 6.45) is 8.74. The smallest absolute Gasteiger partial charge is 0.226 e. The quantitative estimate of drug-likeness (QED) is 0.794. The first-order chi connectivity index (χ1) is 8.24. The van der Waals surface area contributed by atoms with Crippen molar-refractivity contribution in [1.29, 1.82) is 0 Å². The lowest BCUT2D eigenvalue weighted by molar-refractivity contribution is -0.136. The third-order valence-corrected chi connectivity index (χ3v) is 5.44. The fourth-order valence-corrected chi connectivity index (χ4v) is 4.09. The second kappa shape index (κ2) is 4.27. The third kappa shape index (κ3) is 1.88.